The van der Waals surface area contributed by atoms with Gasteiger partial charge in [-0.05, 0) is 67.9 Å². The van der Waals surface area contributed by atoms with E-state index in [4.69, 9.17) is 25.8 Å². The fourth-order valence-electron chi connectivity index (χ4n) is 3.54. The number of rotatable bonds is 8. The van der Waals surface area contributed by atoms with Crippen molar-refractivity contribution >= 4 is 23.5 Å². The molecular weight excluding hydrogens is 390 g/mol. The van der Waals surface area contributed by atoms with Crippen LogP contribution in [0.1, 0.15) is 34.3 Å². The molecule has 6 heteroatoms. The van der Waals surface area contributed by atoms with Gasteiger partial charge >= 0.3 is 0 Å². The Kier molecular flexibility index (Phi) is 7.18. The standard InChI is InChI=1S/C23H26ClNO4/c1-27-21-9-7-17(14-18(21)15-25-10-4-5-11-25)20(26)8-6-16-12-19(24)23(29-3)22(13-16)28-2/h6-9,12-14H,4-5,10-11,15H2,1-3H3/b8-6+. The average Bonchev–Trinajstić information content (AvgIpc) is 3.24. The Balaban J connectivity index is 1.80. The number of methoxy groups -OCH3 is 3. The molecule has 1 aliphatic heterocycles. The van der Waals surface area contributed by atoms with E-state index in [0.29, 0.717) is 22.1 Å². The van der Waals surface area contributed by atoms with Crippen molar-refractivity contribution in [3.05, 3.63) is 58.1 Å². The van der Waals surface area contributed by atoms with E-state index >= 15 is 0 Å². The maximum Gasteiger partial charge on any atom is 0.185 e. The number of hydrogen-bond acceptors (Lipinski definition) is 5. The largest absolute Gasteiger partial charge is 0.496 e. The summed E-state index contributed by atoms with van der Waals surface area (Å²) < 4.78 is 16.0. The number of allylic oxidation sites excluding steroid dienone is 1. The van der Waals surface area contributed by atoms with Gasteiger partial charge in [0, 0.05) is 17.7 Å². The molecule has 0 aromatic heterocycles. The Morgan fingerprint density at radius 2 is 1.76 bits per heavy atom. The second kappa shape index (κ2) is 9.81. The van der Waals surface area contributed by atoms with Crippen LogP contribution in [0.3, 0.4) is 0 Å². The third kappa shape index (κ3) is 5.11. The first-order chi connectivity index (χ1) is 14.0. The van der Waals surface area contributed by atoms with Crippen molar-refractivity contribution in [2.75, 3.05) is 34.4 Å². The fraction of sp³-hybridized carbons (Fsp3) is 0.348. The van der Waals surface area contributed by atoms with Crippen LogP contribution in [0.25, 0.3) is 6.08 Å². The van der Waals surface area contributed by atoms with Crippen LogP contribution in [0.5, 0.6) is 17.2 Å². The molecule has 2 aromatic carbocycles. The van der Waals surface area contributed by atoms with Crippen LogP contribution in [0, 0.1) is 0 Å². The highest BCUT2D eigenvalue weighted by Gasteiger charge is 2.16. The lowest BCUT2D eigenvalue weighted by atomic mass is 10.0. The van der Waals surface area contributed by atoms with Crippen molar-refractivity contribution in [1.82, 2.24) is 4.90 Å². The van der Waals surface area contributed by atoms with Crippen molar-refractivity contribution in [1.29, 1.82) is 0 Å². The molecule has 0 atom stereocenters. The van der Waals surface area contributed by atoms with E-state index in [9.17, 15) is 4.79 Å². The number of hydrogen-bond donors (Lipinski definition) is 0. The first-order valence-corrected chi connectivity index (χ1v) is 9.96. The monoisotopic (exact) mass is 415 g/mol. The summed E-state index contributed by atoms with van der Waals surface area (Å²) in [5, 5.41) is 0.427. The number of halogens is 1. The van der Waals surface area contributed by atoms with Gasteiger partial charge in [0.1, 0.15) is 5.75 Å². The van der Waals surface area contributed by atoms with Crippen LogP contribution in [0.4, 0.5) is 0 Å². The molecule has 2 aromatic rings. The zero-order chi connectivity index (χ0) is 20.8. The highest BCUT2D eigenvalue weighted by Crippen LogP contribution is 2.36. The molecule has 3 rings (SSSR count). The predicted molar refractivity (Wildman–Crippen MR) is 115 cm³/mol. The predicted octanol–water partition coefficient (Wildman–Crippen LogP) is 4.86. The first kappa shape index (κ1) is 21.2. The quantitative estimate of drug-likeness (QED) is 0.455. The van der Waals surface area contributed by atoms with Gasteiger partial charge in [0.15, 0.2) is 17.3 Å². The lowest BCUT2D eigenvalue weighted by Crippen LogP contribution is -2.19. The minimum Gasteiger partial charge on any atom is -0.496 e. The molecule has 1 aliphatic rings. The van der Waals surface area contributed by atoms with Crippen molar-refractivity contribution in [3.8, 4) is 17.2 Å². The summed E-state index contributed by atoms with van der Waals surface area (Å²) in [6.07, 6.45) is 5.70. The van der Waals surface area contributed by atoms with Crippen LogP contribution in [0.2, 0.25) is 5.02 Å². The number of likely N-dealkylation sites (tertiary alicyclic amines) is 1. The van der Waals surface area contributed by atoms with Crippen LogP contribution < -0.4 is 14.2 Å². The van der Waals surface area contributed by atoms with E-state index in [-0.39, 0.29) is 5.78 Å². The number of benzene rings is 2. The van der Waals surface area contributed by atoms with E-state index in [1.54, 1.807) is 44.6 Å². The second-order valence-corrected chi connectivity index (χ2v) is 7.35. The number of carbonyl (C=O) groups excluding carboxylic acids is 1. The SMILES string of the molecule is COc1ccc(C(=O)/C=C/c2cc(Cl)c(OC)c(OC)c2)cc1CN1CCCC1. The summed E-state index contributed by atoms with van der Waals surface area (Å²) in [7, 11) is 4.74. The van der Waals surface area contributed by atoms with Crippen molar-refractivity contribution in [3.63, 3.8) is 0 Å². The summed E-state index contributed by atoms with van der Waals surface area (Å²) in [6, 6.07) is 9.09. The van der Waals surface area contributed by atoms with Crippen LogP contribution in [0.15, 0.2) is 36.4 Å². The summed E-state index contributed by atoms with van der Waals surface area (Å²) in [6.45, 7) is 2.96. The molecule has 29 heavy (non-hydrogen) atoms. The van der Waals surface area contributed by atoms with Crippen LogP contribution in [-0.2, 0) is 6.54 Å². The number of ketones is 1. The summed E-state index contributed by atoms with van der Waals surface area (Å²) in [4.78, 5) is 15.1. The van der Waals surface area contributed by atoms with E-state index in [0.717, 1.165) is 36.5 Å². The summed E-state index contributed by atoms with van der Waals surface area (Å²) in [5.41, 5.74) is 2.41. The van der Waals surface area contributed by atoms with Gasteiger partial charge in [0.2, 0.25) is 0 Å². The average molecular weight is 416 g/mol. The molecule has 0 N–H and O–H groups in total. The minimum absolute atomic E-state index is 0.0822. The molecule has 1 heterocycles. The molecule has 154 valence electrons. The van der Waals surface area contributed by atoms with E-state index in [2.05, 4.69) is 4.90 Å². The zero-order valence-electron chi connectivity index (χ0n) is 17.0. The highest BCUT2D eigenvalue weighted by molar-refractivity contribution is 6.32. The molecule has 0 aliphatic carbocycles. The molecule has 0 saturated carbocycles. The van der Waals surface area contributed by atoms with Crippen LogP contribution in [-0.4, -0.2) is 45.1 Å². The molecule has 0 radical (unpaired) electrons. The van der Waals surface area contributed by atoms with Crippen molar-refractivity contribution in [2.45, 2.75) is 19.4 Å². The van der Waals surface area contributed by atoms with Gasteiger partial charge in [-0.2, -0.15) is 0 Å². The highest BCUT2D eigenvalue weighted by atomic mass is 35.5. The minimum atomic E-state index is -0.0822. The van der Waals surface area contributed by atoms with Crippen molar-refractivity contribution in [2.24, 2.45) is 0 Å². The second-order valence-electron chi connectivity index (χ2n) is 6.95. The Labute approximate surface area is 176 Å². The van der Waals surface area contributed by atoms with Gasteiger partial charge < -0.3 is 14.2 Å². The van der Waals surface area contributed by atoms with Crippen molar-refractivity contribution < 1.29 is 19.0 Å². The summed E-state index contributed by atoms with van der Waals surface area (Å²) >= 11 is 6.24. The Hall–Kier alpha value is -2.50. The molecule has 0 amide bonds. The van der Waals surface area contributed by atoms with Gasteiger partial charge in [0.05, 0.1) is 26.4 Å². The number of nitrogens with zero attached hydrogens (tertiary/aromatic N) is 1. The molecule has 0 spiro atoms. The number of carbonyl (C=O) groups is 1. The van der Waals surface area contributed by atoms with E-state index in [1.165, 1.54) is 20.0 Å². The Morgan fingerprint density at radius 3 is 2.41 bits per heavy atom. The fourth-order valence-corrected chi connectivity index (χ4v) is 3.84. The van der Waals surface area contributed by atoms with Crippen LogP contribution >= 0.6 is 11.6 Å². The molecule has 1 saturated heterocycles. The van der Waals surface area contributed by atoms with E-state index in [1.807, 2.05) is 12.1 Å². The Morgan fingerprint density at radius 1 is 1.03 bits per heavy atom. The maximum atomic E-state index is 12.7. The zero-order valence-corrected chi connectivity index (χ0v) is 17.8. The molecule has 0 unspecified atom stereocenters. The van der Waals surface area contributed by atoms with Gasteiger partial charge in [-0.25, -0.2) is 0 Å². The van der Waals surface area contributed by atoms with Gasteiger partial charge in [-0.1, -0.05) is 17.7 Å². The third-order valence-electron chi connectivity index (χ3n) is 5.04. The molecule has 5 nitrogen and oxygen atoms in total. The van der Waals surface area contributed by atoms with E-state index < -0.39 is 0 Å². The smallest absolute Gasteiger partial charge is 0.185 e. The first-order valence-electron chi connectivity index (χ1n) is 9.59. The molecular formula is C23H26ClNO4. The molecule has 0 bridgehead atoms. The normalized spacial score (nSPS) is 14.3. The maximum absolute atomic E-state index is 12.7. The molecule has 1 fully saturated rings. The lowest BCUT2D eigenvalue weighted by Gasteiger charge is -2.17. The van der Waals surface area contributed by atoms with Gasteiger partial charge in [0.25, 0.3) is 0 Å². The van der Waals surface area contributed by atoms with Gasteiger partial charge in [-0.15, -0.1) is 0 Å². The lowest BCUT2D eigenvalue weighted by molar-refractivity contribution is 0.104. The number of ether oxygens (including phenoxy) is 3. The topological polar surface area (TPSA) is 48.0 Å². The third-order valence-corrected chi connectivity index (χ3v) is 5.32. The summed E-state index contributed by atoms with van der Waals surface area (Å²) in [5.74, 6) is 1.72. The Bertz CT molecular complexity index is 904. The van der Waals surface area contributed by atoms with Gasteiger partial charge in [-0.3, -0.25) is 9.69 Å².